The van der Waals surface area contributed by atoms with Crippen molar-refractivity contribution in [2.24, 2.45) is 11.3 Å². The van der Waals surface area contributed by atoms with Crippen molar-refractivity contribution < 1.29 is 4.79 Å². The molecule has 1 aliphatic carbocycles. The van der Waals surface area contributed by atoms with Gasteiger partial charge in [-0.3, -0.25) is 4.79 Å². The highest BCUT2D eigenvalue weighted by Gasteiger charge is 2.45. The molecule has 3 N–H and O–H groups in total. The fourth-order valence-corrected chi connectivity index (χ4v) is 3.92. The fourth-order valence-electron chi connectivity index (χ4n) is 2.52. The second kappa shape index (κ2) is 4.64. The van der Waals surface area contributed by atoms with E-state index in [1.165, 1.54) is 17.8 Å². The quantitative estimate of drug-likeness (QED) is 0.903. The van der Waals surface area contributed by atoms with Gasteiger partial charge in [0.1, 0.15) is 4.88 Å². The van der Waals surface area contributed by atoms with E-state index in [1.54, 1.807) is 6.07 Å². The Balaban J connectivity index is 1.81. The Bertz CT molecular complexity index is 692. The Morgan fingerprint density at radius 3 is 2.85 bits per heavy atom. The molecule has 1 fully saturated rings. The van der Waals surface area contributed by atoms with Crippen LogP contribution in [0.5, 0.6) is 0 Å². The van der Waals surface area contributed by atoms with Gasteiger partial charge >= 0.3 is 0 Å². The number of fused-ring (bicyclic) bond motifs is 1. The number of carbonyl (C=O) groups is 1. The van der Waals surface area contributed by atoms with Crippen molar-refractivity contribution in [1.82, 2.24) is 5.32 Å². The number of halogens is 1. The van der Waals surface area contributed by atoms with Gasteiger partial charge in [0.2, 0.25) is 0 Å². The van der Waals surface area contributed by atoms with Crippen molar-refractivity contribution in [2.45, 2.75) is 20.3 Å². The molecule has 3 rings (SSSR count). The van der Waals surface area contributed by atoms with E-state index in [9.17, 15) is 4.79 Å². The van der Waals surface area contributed by atoms with Crippen molar-refractivity contribution >= 4 is 44.6 Å². The summed E-state index contributed by atoms with van der Waals surface area (Å²) in [5.74, 6) is 0.480. The number of thiophene rings is 1. The molecular formula is C15H17ClN2OS. The van der Waals surface area contributed by atoms with E-state index < -0.39 is 0 Å². The van der Waals surface area contributed by atoms with Crippen LogP contribution in [0.15, 0.2) is 18.2 Å². The van der Waals surface area contributed by atoms with E-state index >= 15 is 0 Å². The molecule has 1 unspecified atom stereocenters. The summed E-state index contributed by atoms with van der Waals surface area (Å²) in [4.78, 5) is 12.8. The molecule has 5 heteroatoms. The standard InChI is InChI=1S/C15H17ClN2OS/c1-15(2)6-8(15)7-18-14(19)13-12(17)11-9(16)4-3-5-10(11)20-13/h3-5,8H,6-7,17H2,1-2H3,(H,18,19). The third kappa shape index (κ3) is 2.27. The summed E-state index contributed by atoms with van der Waals surface area (Å²) in [5.41, 5.74) is 6.93. The summed E-state index contributed by atoms with van der Waals surface area (Å²) < 4.78 is 0.951. The minimum atomic E-state index is -0.0949. The summed E-state index contributed by atoms with van der Waals surface area (Å²) in [6.07, 6.45) is 1.17. The molecule has 1 aliphatic rings. The van der Waals surface area contributed by atoms with Crippen molar-refractivity contribution in [3.63, 3.8) is 0 Å². The first-order valence-corrected chi connectivity index (χ1v) is 7.84. The number of hydrogen-bond acceptors (Lipinski definition) is 3. The Labute approximate surface area is 127 Å². The highest BCUT2D eigenvalue weighted by atomic mass is 35.5. The van der Waals surface area contributed by atoms with Crippen LogP contribution in [0, 0.1) is 11.3 Å². The van der Waals surface area contributed by atoms with Gasteiger partial charge in [-0.15, -0.1) is 11.3 Å². The Morgan fingerprint density at radius 1 is 1.55 bits per heavy atom. The molecule has 2 aromatic rings. The largest absolute Gasteiger partial charge is 0.397 e. The minimum absolute atomic E-state index is 0.0949. The third-order valence-electron chi connectivity index (χ3n) is 4.13. The lowest BCUT2D eigenvalue weighted by atomic mass is 10.1. The van der Waals surface area contributed by atoms with Crippen LogP contribution in [0.1, 0.15) is 29.9 Å². The van der Waals surface area contributed by atoms with E-state index in [2.05, 4.69) is 19.2 Å². The maximum atomic E-state index is 12.3. The summed E-state index contributed by atoms with van der Waals surface area (Å²) in [6, 6.07) is 5.60. The molecule has 20 heavy (non-hydrogen) atoms. The van der Waals surface area contributed by atoms with Crippen molar-refractivity contribution in [1.29, 1.82) is 0 Å². The molecule has 0 bridgehead atoms. The van der Waals surface area contributed by atoms with Crippen LogP contribution in [-0.2, 0) is 0 Å². The number of nitrogens with one attached hydrogen (secondary N) is 1. The number of benzene rings is 1. The predicted octanol–water partition coefficient (Wildman–Crippen LogP) is 3.91. The summed E-state index contributed by atoms with van der Waals surface area (Å²) in [5, 5.41) is 4.37. The Kier molecular flexibility index (Phi) is 3.18. The molecule has 1 atom stereocenters. The first kappa shape index (κ1) is 13.7. The second-order valence-electron chi connectivity index (χ2n) is 6.06. The third-order valence-corrected chi connectivity index (χ3v) is 5.62. The molecule has 3 nitrogen and oxygen atoms in total. The molecule has 1 amide bonds. The smallest absolute Gasteiger partial charge is 0.263 e. The maximum Gasteiger partial charge on any atom is 0.263 e. The molecular weight excluding hydrogens is 292 g/mol. The second-order valence-corrected chi connectivity index (χ2v) is 7.52. The number of anilines is 1. The SMILES string of the molecule is CC1(C)CC1CNC(=O)c1sc2cccc(Cl)c2c1N. The summed E-state index contributed by atoms with van der Waals surface area (Å²) >= 11 is 7.55. The van der Waals surface area contributed by atoms with Crippen LogP contribution in [0.2, 0.25) is 5.02 Å². The molecule has 1 saturated carbocycles. The summed E-state index contributed by atoms with van der Waals surface area (Å²) in [6.45, 7) is 5.15. The first-order chi connectivity index (χ1) is 9.40. The van der Waals surface area contributed by atoms with Gasteiger partial charge in [0.15, 0.2) is 0 Å². The zero-order chi connectivity index (χ0) is 14.5. The van der Waals surface area contributed by atoms with Crippen LogP contribution < -0.4 is 11.1 Å². The van der Waals surface area contributed by atoms with Crippen LogP contribution in [-0.4, -0.2) is 12.5 Å². The number of nitrogens with two attached hydrogens (primary N) is 1. The number of carbonyl (C=O) groups excluding carboxylic acids is 1. The highest BCUT2D eigenvalue weighted by molar-refractivity contribution is 7.21. The van der Waals surface area contributed by atoms with Gasteiger partial charge in [-0.2, -0.15) is 0 Å². The Morgan fingerprint density at radius 2 is 2.25 bits per heavy atom. The molecule has 0 radical (unpaired) electrons. The topological polar surface area (TPSA) is 55.1 Å². The van der Waals surface area contributed by atoms with Gasteiger partial charge in [0.05, 0.1) is 10.7 Å². The van der Waals surface area contributed by atoms with Crippen LogP contribution >= 0.6 is 22.9 Å². The molecule has 1 aromatic carbocycles. The molecule has 1 aromatic heterocycles. The van der Waals surface area contributed by atoms with Gasteiger partial charge in [-0.25, -0.2) is 0 Å². The normalized spacial score (nSPS) is 20.1. The van der Waals surface area contributed by atoms with Crippen molar-refractivity contribution in [3.8, 4) is 0 Å². The molecule has 106 valence electrons. The number of rotatable bonds is 3. The Hall–Kier alpha value is -1.26. The van der Waals surface area contributed by atoms with E-state index in [4.69, 9.17) is 17.3 Å². The lowest BCUT2D eigenvalue weighted by molar-refractivity contribution is 0.0955. The van der Waals surface area contributed by atoms with E-state index in [0.717, 1.165) is 10.1 Å². The van der Waals surface area contributed by atoms with E-state index in [1.807, 2.05) is 12.1 Å². The molecule has 0 spiro atoms. The van der Waals surface area contributed by atoms with Gasteiger partial charge in [-0.1, -0.05) is 31.5 Å². The summed E-state index contributed by atoms with van der Waals surface area (Å²) in [7, 11) is 0. The average Bonchev–Trinajstić information content (AvgIpc) is 2.84. The monoisotopic (exact) mass is 308 g/mol. The van der Waals surface area contributed by atoms with Crippen LogP contribution in [0.4, 0.5) is 5.69 Å². The molecule has 0 saturated heterocycles. The first-order valence-electron chi connectivity index (χ1n) is 6.65. The maximum absolute atomic E-state index is 12.3. The highest BCUT2D eigenvalue weighted by Crippen LogP contribution is 2.51. The fraction of sp³-hybridized carbons (Fsp3) is 0.400. The predicted molar refractivity (Wildman–Crippen MR) is 85.5 cm³/mol. The number of amides is 1. The number of nitrogen functional groups attached to an aromatic ring is 1. The van der Waals surface area contributed by atoms with Gasteiger partial charge in [0.25, 0.3) is 5.91 Å². The van der Waals surface area contributed by atoms with E-state index in [0.29, 0.717) is 33.5 Å². The van der Waals surface area contributed by atoms with E-state index in [-0.39, 0.29) is 5.91 Å². The van der Waals surface area contributed by atoms with Crippen LogP contribution in [0.25, 0.3) is 10.1 Å². The lowest BCUT2D eigenvalue weighted by Crippen LogP contribution is -2.26. The zero-order valence-corrected chi connectivity index (χ0v) is 13.1. The van der Waals surface area contributed by atoms with Gasteiger partial charge in [-0.05, 0) is 29.9 Å². The van der Waals surface area contributed by atoms with Crippen molar-refractivity contribution in [3.05, 3.63) is 28.1 Å². The lowest BCUT2D eigenvalue weighted by Gasteiger charge is -2.05. The molecule has 1 heterocycles. The zero-order valence-electron chi connectivity index (χ0n) is 11.5. The number of hydrogen-bond donors (Lipinski definition) is 2. The van der Waals surface area contributed by atoms with Crippen molar-refractivity contribution in [2.75, 3.05) is 12.3 Å². The van der Waals surface area contributed by atoms with Gasteiger partial charge in [0, 0.05) is 16.6 Å². The minimum Gasteiger partial charge on any atom is -0.397 e. The average molecular weight is 309 g/mol. The molecule has 0 aliphatic heterocycles. The van der Waals surface area contributed by atoms with Gasteiger partial charge < -0.3 is 11.1 Å². The van der Waals surface area contributed by atoms with Crippen LogP contribution in [0.3, 0.4) is 0 Å².